The van der Waals surface area contributed by atoms with E-state index in [1.165, 1.54) is 6.33 Å². The zero-order chi connectivity index (χ0) is 25.7. The van der Waals surface area contributed by atoms with Gasteiger partial charge in [-0.15, -0.1) is 0 Å². The minimum absolute atomic E-state index is 0.00490. The number of ether oxygens (including phenoxy) is 1. The van der Waals surface area contributed by atoms with Crippen molar-refractivity contribution in [1.29, 1.82) is 0 Å². The Bertz CT molecular complexity index is 1370. The number of benzene rings is 2. The highest BCUT2D eigenvalue weighted by Crippen LogP contribution is 2.18. The van der Waals surface area contributed by atoms with Gasteiger partial charge in [-0.25, -0.2) is 14.8 Å². The van der Waals surface area contributed by atoms with Gasteiger partial charge in [-0.2, -0.15) is 0 Å². The highest BCUT2D eigenvalue weighted by Gasteiger charge is 2.22. The number of nitrogens with one attached hydrogen (secondary N) is 5. The van der Waals surface area contributed by atoms with E-state index in [4.69, 9.17) is 4.74 Å². The Morgan fingerprint density at radius 3 is 2.50 bits per heavy atom. The number of carbonyl (C=O) groups is 3. The maximum Gasteiger partial charge on any atom is 0.407 e. The number of nitrogens with zero attached hydrogens (tertiary/aromatic N) is 2. The number of carbonyl (C=O) groups excluding carboxylic acids is 3. The lowest BCUT2D eigenvalue weighted by molar-refractivity contribution is 0.0528. The number of hydrogen-bond acceptors (Lipinski definition) is 6. The summed E-state index contributed by atoms with van der Waals surface area (Å²) in [6.07, 6.45) is 1.22. The molecule has 0 saturated heterocycles. The van der Waals surface area contributed by atoms with Crippen LogP contribution < -0.4 is 16.0 Å². The Morgan fingerprint density at radius 2 is 1.72 bits per heavy atom. The second-order valence-corrected chi connectivity index (χ2v) is 8.97. The van der Waals surface area contributed by atoms with E-state index in [1.807, 2.05) is 36.4 Å². The minimum atomic E-state index is -0.589. The summed E-state index contributed by atoms with van der Waals surface area (Å²) in [5, 5.41) is 8.15. The third kappa shape index (κ3) is 6.06. The second-order valence-electron chi connectivity index (χ2n) is 8.97. The van der Waals surface area contributed by atoms with Crippen molar-refractivity contribution in [2.75, 3.05) is 17.2 Å². The smallest absolute Gasteiger partial charge is 0.407 e. The SMILES string of the molecule is CC(C)(C)OC(=O)NCCc1ccccc1NC(=O)c1[nH]cnc1C(=O)Nc1nc2ccccc2[nH]1. The molecule has 2 heterocycles. The highest BCUT2D eigenvalue weighted by molar-refractivity contribution is 6.13. The quantitative estimate of drug-likeness (QED) is 0.266. The molecule has 4 rings (SSSR count). The minimum Gasteiger partial charge on any atom is -0.444 e. The zero-order valence-electron chi connectivity index (χ0n) is 20.1. The zero-order valence-corrected chi connectivity index (χ0v) is 20.1. The molecule has 2 aromatic carbocycles. The summed E-state index contributed by atoms with van der Waals surface area (Å²) in [6, 6.07) is 14.6. The number of aromatic nitrogens is 4. The molecule has 0 fully saturated rings. The molecule has 0 aliphatic carbocycles. The van der Waals surface area contributed by atoms with Crippen LogP contribution in [0.1, 0.15) is 47.3 Å². The lowest BCUT2D eigenvalue weighted by atomic mass is 10.1. The molecule has 2 aromatic heterocycles. The van der Waals surface area contributed by atoms with Crippen LogP contribution in [0.3, 0.4) is 0 Å². The Labute approximate surface area is 207 Å². The fraction of sp³-hybridized carbons (Fsp3) is 0.240. The molecule has 4 aromatic rings. The summed E-state index contributed by atoms with van der Waals surface area (Å²) >= 11 is 0. The van der Waals surface area contributed by atoms with Crippen molar-refractivity contribution >= 4 is 40.6 Å². The molecule has 3 amide bonds. The van der Waals surface area contributed by atoms with E-state index in [9.17, 15) is 14.4 Å². The lowest BCUT2D eigenvalue weighted by Gasteiger charge is -2.19. The number of aromatic amines is 2. The van der Waals surface area contributed by atoms with Gasteiger partial charge in [-0.05, 0) is 51.0 Å². The molecule has 0 saturated carbocycles. The summed E-state index contributed by atoms with van der Waals surface area (Å²) in [5.74, 6) is -0.872. The van der Waals surface area contributed by atoms with E-state index in [0.29, 0.717) is 24.2 Å². The van der Waals surface area contributed by atoms with Gasteiger partial charge in [0.1, 0.15) is 11.3 Å². The number of imidazole rings is 2. The molecular formula is C25H27N7O4. The first-order valence-corrected chi connectivity index (χ1v) is 11.4. The van der Waals surface area contributed by atoms with Crippen LogP contribution in [0.5, 0.6) is 0 Å². The number of fused-ring (bicyclic) bond motifs is 1. The third-order valence-electron chi connectivity index (χ3n) is 5.03. The van der Waals surface area contributed by atoms with Crippen LogP contribution in [0.2, 0.25) is 0 Å². The van der Waals surface area contributed by atoms with Gasteiger partial charge in [0.15, 0.2) is 5.69 Å². The standard InChI is InChI=1S/C25H27N7O4/c1-25(2,3)36-24(35)26-13-12-15-8-4-5-9-16(15)29-21(33)19-20(28-14-27-19)22(34)32-23-30-17-10-6-7-11-18(17)31-23/h4-11,14H,12-13H2,1-3H3,(H,26,35)(H,27,28)(H,29,33)(H2,30,31,32,34). The number of anilines is 2. The van der Waals surface area contributed by atoms with Crippen LogP contribution in [-0.4, -0.2) is 50.0 Å². The van der Waals surface area contributed by atoms with Crippen LogP contribution in [0.4, 0.5) is 16.4 Å². The van der Waals surface area contributed by atoms with Crippen molar-refractivity contribution in [1.82, 2.24) is 25.3 Å². The van der Waals surface area contributed by atoms with Crippen molar-refractivity contribution in [3.05, 3.63) is 71.8 Å². The average molecular weight is 490 g/mol. The molecule has 11 nitrogen and oxygen atoms in total. The third-order valence-corrected chi connectivity index (χ3v) is 5.03. The van der Waals surface area contributed by atoms with Crippen LogP contribution in [0.15, 0.2) is 54.9 Å². The predicted molar refractivity (Wildman–Crippen MR) is 135 cm³/mol. The highest BCUT2D eigenvalue weighted by atomic mass is 16.6. The fourth-order valence-corrected chi connectivity index (χ4v) is 3.48. The van der Waals surface area contributed by atoms with Crippen molar-refractivity contribution in [2.45, 2.75) is 32.8 Å². The largest absolute Gasteiger partial charge is 0.444 e. The van der Waals surface area contributed by atoms with E-state index in [0.717, 1.165) is 11.1 Å². The number of alkyl carbamates (subject to hydrolysis) is 1. The molecular weight excluding hydrogens is 462 g/mol. The van der Waals surface area contributed by atoms with E-state index < -0.39 is 23.5 Å². The first-order chi connectivity index (χ1) is 17.2. The van der Waals surface area contributed by atoms with Gasteiger partial charge < -0.3 is 25.3 Å². The fourth-order valence-electron chi connectivity index (χ4n) is 3.48. The number of para-hydroxylation sites is 3. The Balaban J connectivity index is 1.41. The Hall–Kier alpha value is -4.67. The first kappa shape index (κ1) is 24.5. The summed E-state index contributed by atoms with van der Waals surface area (Å²) < 4.78 is 5.24. The summed E-state index contributed by atoms with van der Waals surface area (Å²) in [7, 11) is 0. The van der Waals surface area contributed by atoms with Crippen LogP contribution >= 0.6 is 0 Å². The number of rotatable bonds is 7. The van der Waals surface area contributed by atoms with Crippen LogP contribution in [-0.2, 0) is 11.2 Å². The first-order valence-electron chi connectivity index (χ1n) is 11.4. The number of amides is 3. The van der Waals surface area contributed by atoms with Crippen molar-refractivity contribution in [3.63, 3.8) is 0 Å². The lowest BCUT2D eigenvalue weighted by Crippen LogP contribution is -2.33. The summed E-state index contributed by atoms with van der Waals surface area (Å²) in [6.45, 7) is 5.69. The van der Waals surface area contributed by atoms with Gasteiger partial charge in [-0.3, -0.25) is 14.9 Å². The predicted octanol–water partition coefficient (Wildman–Crippen LogP) is 3.86. The molecule has 36 heavy (non-hydrogen) atoms. The second kappa shape index (κ2) is 10.3. The van der Waals surface area contributed by atoms with E-state index in [2.05, 4.69) is 35.9 Å². The van der Waals surface area contributed by atoms with Crippen molar-refractivity contribution in [3.8, 4) is 0 Å². The average Bonchev–Trinajstić information content (AvgIpc) is 3.46. The molecule has 11 heteroatoms. The monoisotopic (exact) mass is 489 g/mol. The van der Waals surface area contributed by atoms with E-state index in [-0.39, 0.29) is 17.3 Å². The van der Waals surface area contributed by atoms with Crippen molar-refractivity contribution in [2.24, 2.45) is 0 Å². The van der Waals surface area contributed by atoms with E-state index in [1.54, 1.807) is 32.9 Å². The molecule has 0 aliphatic rings. The molecule has 5 N–H and O–H groups in total. The van der Waals surface area contributed by atoms with Gasteiger partial charge in [0.05, 0.1) is 17.4 Å². The molecule has 186 valence electrons. The van der Waals surface area contributed by atoms with Crippen LogP contribution in [0.25, 0.3) is 11.0 Å². The molecule has 0 bridgehead atoms. The maximum absolute atomic E-state index is 13.0. The topological polar surface area (TPSA) is 154 Å². The van der Waals surface area contributed by atoms with Gasteiger partial charge in [-0.1, -0.05) is 30.3 Å². The number of hydrogen-bond donors (Lipinski definition) is 5. The van der Waals surface area contributed by atoms with Gasteiger partial charge in [0.2, 0.25) is 5.95 Å². The van der Waals surface area contributed by atoms with Gasteiger partial charge in [0.25, 0.3) is 11.8 Å². The molecule has 0 radical (unpaired) electrons. The molecule has 0 spiro atoms. The van der Waals surface area contributed by atoms with Gasteiger partial charge >= 0.3 is 6.09 Å². The Morgan fingerprint density at radius 1 is 0.972 bits per heavy atom. The number of H-pyrrole nitrogens is 2. The van der Waals surface area contributed by atoms with Crippen molar-refractivity contribution < 1.29 is 19.1 Å². The normalized spacial score (nSPS) is 11.2. The molecule has 0 atom stereocenters. The maximum atomic E-state index is 13.0. The van der Waals surface area contributed by atoms with Crippen LogP contribution in [0, 0.1) is 0 Å². The Kier molecular flexibility index (Phi) is 7.00. The molecule has 0 aliphatic heterocycles. The summed E-state index contributed by atoms with van der Waals surface area (Å²) in [5.41, 5.74) is 2.16. The molecule has 0 unspecified atom stereocenters. The summed E-state index contributed by atoms with van der Waals surface area (Å²) in [4.78, 5) is 51.8. The van der Waals surface area contributed by atoms with Gasteiger partial charge in [0, 0.05) is 12.2 Å². The van der Waals surface area contributed by atoms with E-state index >= 15 is 0 Å².